The number of hydrogen-bond donors (Lipinski definition) is 1. The average molecular weight is 274 g/mol. The molecule has 4 nitrogen and oxygen atoms in total. The highest BCUT2D eigenvalue weighted by Crippen LogP contribution is 2.36. The molecule has 0 amide bonds. The van der Waals surface area contributed by atoms with Crippen LogP contribution in [0.2, 0.25) is 0 Å². The van der Waals surface area contributed by atoms with Gasteiger partial charge >= 0.3 is 0 Å². The number of hydrogen-bond acceptors (Lipinski definition) is 4. The van der Waals surface area contributed by atoms with Crippen LogP contribution in [0.5, 0.6) is 0 Å². The Bertz CT molecular complexity index is 365. The molecule has 2 atom stereocenters. The van der Waals surface area contributed by atoms with E-state index >= 15 is 0 Å². The number of piperazine rings is 1. The highest BCUT2D eigenvalue weighted by atomic mass is 32.2. The second kappa shape index (κ2) is 5.88. The van der Waals surface area contributed by atoms with E-state index in [1.54, 1.807) is 0 Å². The predicted octanol–water partition coefficient (Wildman–Crippen LogP) is 0.884. The van der Waals surface area contributed by atoms with Crippen molar-refractivity contribution >= 4 is 9.84 Å². The van der Waals surface area contributed by atoms with Crippen LogP contribution in [0.1, 0.15) is 32.6 Å². The molecular weight excluding hydrogens is 248 g/mol. The Balaban J connectivity index is 1.84. The van der Waals surface area contributed by atoms with Gasteiger partial charge in [0.05, 0.1) is 5.75 Å². The fourth-order valence-corrected chi connectivity index (χ4v) is 3.56. The summed E-state index contributed by atoms with van der Waals surface area (Å²) in [5.41, 5.74) is 0. The second-order valence-corrected chi connectivity index (χ2v) is 8.16. The Labute approximate surface area is 111 Å². The lowest BCUT2D eigenvalue weighted by atomic mass is 10.0. The average Bonchev–Trinajstić information content (AvgIpc) is 3.11. The maximum absolute atomic E-state index is 11.2. The van der Waals surface area contributed by atoms with E-state index in [4.69, 9.17) is 0 Å². The normalized spacial score (nSPS) is 30.6. The molecule has 1 heterocycles. The van der Waals surface area contributed by atoms with Gasteiger partial charge in [0.15, 0.2) is 0 Å². The van der Waals surface area contributed by atoms with E-state index in [1.807, 2.05) is 0 Å². The van der Waals surface area contributed by atoms with Crippen molar-refractivity contribution in [2.24, 2.45) is 5.92 Å². The molecule has 0 bridgehead atoms. The first kappa shape index (κ1) is 14.3. The number of rotatable bonds is 6. The van der Waals surface area contributed by atoms with Gasteiger partial charge in [-0.05, 0) is 38.1 Å². The number of nitrogens with one attached hydrogen (secondary N) is 1. The van der Waals surface area contributed by atoms with Crippen LogP contribution in [0.4, 0.5) is 0 Å². The van der Waals surface area contributed by atoms with Gasteiger partial charge < -0.3 is 5.32 Å². The molecule has 1 saturated heterocycles. The molecule has 2 unspecified atom stereocenters. The molecule has 0 aromatic heterocycles. The van der Waals surface area contributed by atoms with E-state index in [2.05, 4.69) is 17.1 Å². The summed E-state index contributed by atoms with van der Waals surface area (Å²) in [6.45, 7) is 5.32. The van der Waals surface area contributed by atoms with Gasteiger partial charge in [-0.3, -0.25) is 4.90 Å². The maximum Gasteiger partial charge on any atom is 0.147 e. The molecule has 18 heavy (non-hydrogen) atoms. The monoisotopic (exact) mass is 274 g/mol. The van der Waals surface area contributed by atoms with E-state index in [1.165, 1.54) is 19.1 Å². The summed E-state index contributed by atoms with van der Waals surface area (Å²) in [5.74, 6) is 1.18. The summed E-state index contributed by atoms with van der Waals surface area (Å²) in [6, 6.07) is 1.23. The Morgan fingerprint density at radius 1 is 1.33 bits per heavy atom. The van der Waals surface area contributed by atoms with Gasteiger partial charge in [-0.25, -0.2) is 8.42 Å². The van der Waals surface area contributed by atoms with Crippen LogP contribution in [0.3, 0.4) is 0 Å². The molecule has 0 radical (unpaired) electrons. The minimum absolute atomic E-state index is 0.325. The van der Waals surface area contributed by atoms with Crippen LogP contribution in [0.25, 0.3) is 0 Å². The van der Waals surface area contributed by atoms with Crippen molar-refractivity contribution < 1.29 is 8.42 Å². The smallest absolute Gasteiger partial charge is 0.147 e. The molecule has 2 rings (SSSR count). The topological polar surface area (TPSA) is 49.4 Å². The van der Waals surface area contributed by atoms with Gasteiger partial charge in [-0.1, -0.05) is 6.92 Å². The van der Waals surface area contributed by atoms with E-state index in [9.17, 15) is 8.42 Å². The predicted molar refractivity (Wildman–Crippen MR) is 74.5 cm³/mol. The highest BCUT2D eigenvalue weighted by molar-refractivity contribution is 7.90. The highest BCUT2D eigenvalue weighted by Gasteiger charge is 2.38. The molecule has 0 aromatic carbocycles. The molecule has 5 heteroatoms. The third-order valence-electron chi connectivity index (χ3n) is 4.16. The van der Waals surface area contributed by atoms with Crippen molar-refractivity contribution in [3.8, 4) is 0 Å². The van der Waals surface area contributed by atoms with Gasteiger partial charge in [0.2, 0.25) is 0 Å². The maximum atomic E-state index is 11.2. The molecule has 0 aromatic rings. The molecule has 106 valence electrons. The van der Waals surface area contributed by atoms with Gasteiger partial charge in [-0.15, -0.1) is 0 Å². The first-order chi connectivity index (χ1) is 8.49. The van der Waals surface area contributed by atoms with Crippen molar-refractivity contribution in [3.05, 3.63) is 0 Å². The molecule has 1 aliphatic heterocycles. The third-order valence-corrected chi connectivity index (χ3v) is 5.19. The Kier molecular flexibility index (Phi) is 4.67. The minimum atomic E-state index is -2.81. The molecular formula is C13H26N2O2S. The molecule has 2 fully saturated rings. The van der Waals surface area contributed by atoms with E-state index in [0.717, 1.165) is 38.4 Å². The Morgan fingerprint density at radius 2 is 2.06 bits per heavy atom. The lowest BCUT2D eigenvalue weighted by Crippen LogP contribution is -2.57. The molecule has 2 aliphatic rings. The first-order valence-electron chi connectivity index (χ1n) is 7.14. The summed E-state index contributed by atoms with van der Waals surface area (Å²) in [7, 11) is -2.81. The molecule has 0 spiro atoms. The van der Waals surface area contributed by atoms with Crippen molar-refractivity contribution in [2.75, 3.05) is 31.6 Å². The summed E-state index contributed by atoms with van der Waals surface area (Å²) >= 11 is 0. The lowest BCUT2D eigenvalue weighted by molar-refractivity contribution is 0.114. The van der Waals surface area contributed by atoms with Crippen molar-refractivity contribution in [2.45, 2.75) is 44.7 Å². The van der Waals surface area contributed by atoms with Gasteiger partial charge in [-0.2, -0.15) is 0 Å². The van der Waals surface area contributed by atoms with Gasteiger partial charge in [0.25, 0.3) is 0 Å². The van der Waals surface area contributed by atoms with E-state index in [0.29, 0.717) is 17.8 Å². The zero-order valence-electron chi connectivity index (χ0n) is 11.6. The molecule has 1 saturated carbocycles. The first-order valence-corrected chi connectivity index (χ1v) is 9.21. The van der Waals surface area contributed by atoms with Gasteiger partial charge in [0.1, 0.15) is 9.84 Å². The van der Waals surface area contributed by atoms with Crippen molar-refractivity contribution in [1.82, 2.24) is 10.2 Å². The summed E-state index contributed by atoms with van der Waals surface area (Å²) < 4.78 is 22.4. The van der Waals surface area contributed by atoms with Crippen LogP contribution >= 0.6 is 0 Å². The van der Waals surface area contributed by atoms with Crippen LogP contribution in [-0.2, 0) is 9.84 Å². The van der Waals surface area contributed by atoms with Crippen LogP contribution in [0.15, 0.2) is 0 Å². The zero-order chi connectivity index (χ0) is 13.2. The quantitative estimate of drug-likeness (QED) is 0.781. The summed E-state index contributed by atoms with van der Waals surface area (Å²) in [6.07, 6.45) is 5.97. The lowest BCUT2D eigenvalue weighted by Gasteiger charge is -2.40. The minimum Gasteiger partial charge on any atom is -0.311 e. The molecule has 1 N–H and O–H groups in total. The van der Waals surface area contributed by atoms with Crippen LogP contribution in [0, 0.1) is 5.92 Å². The number of sulfone groups is 1. The van der Waals surface area contributed by atoms with Crippen molar-refractivity contribution in [3.63, 3.8) is 0 Å². The van der Waals surface area contributed by atoms with Crippen LogP contribution < -0.4 is 5.32 Å². The zero-order valence-corrected chi connectivity index (χ0v) is 12.4. The van der Waals surface area contributed by atoms with Crippen LogP contribution in [-0.4, -0.2) is 57.0 Å². The fourth-order valence-electron chi connectivity index (χ4n) is 2.91. The SMILES string of the molecule is CCC1CN(CCCS(C)(=O)=O)C(C2CC2)CN1. The second-order valence-electron chi connectivity index (χ2n) is 5.90. The Hall–Kier alpha value is -0.130. The summed E-state index contributed by atoms with van der Waals surface area (Å²) in [5, 5.41) is 3.62. The standard InChI is InChI=1S/C13H26N2O2S/c1-3-12-10-15(7-4-8-18(2,16)17)13(9-14-12)11-5-6-11/h11-14H,3-10H2,1-2H3. The van der Waals surface area contributed by atoms with Crippen molar-refractivity contribution in [1.29, 1.82) is 0 Å². The Morgan fingerprint density at radius 3 is 2.61 bits per heavy atom. The number of nitrogens with zero attached hydrogens (tertiary/aromatic N) is 1. The largest absolute Gasteiger partial charge is 0.311 e. The third kappa shape index (κ3) is 4.21. The fraction of sp³-hybridized carbons (Fsp3) is 1.00. The van der Waals surface area contributed by atoms with Gasteiger partial charge in [0, 0.05) is 31.4 Å². The van der Waals surface area contributed by atoms with E-state index < -0.39 is 9.84 Å². The molecule has 1 aliphatic carbocycles. The van der Waals surface area contributed by atoms with E-state index in [-0.39, 0.29) is 0 Å². The summed E-state index contributed by atoms with van der Waals surface area (Å²) in [4.78, 5) is 2.54.